The minimum absolute atomic E-state index is 0.129. The summed E-state index contributed by atoms with van der Waals surface area (Å²) in [7, 11) is -2.60. The van der Waals surface area contributed by atoms with Crippen LogP contribution in [0.15, 0.2) is 0 Å². The summed E-state index contributed by atoms with van der Waals surface area (Å²) >= 11 is 0. The summed E-state index contributed by atoms with van der Waals surface area (Å²) in [5.41, 5.74) is 6.01. The fourth-order valence-corrected chi connectivity index (χ4v) is 3.07. The standard InChI is InChI=1S/C13H29N5O5S/c1-12(2,10-13(3,14)16-23-24(20,21)22)15-11(19)9-18-7-5-17(4)6-8-18/h16H,5-10,14H2,1-4H3,(H,15,19)(H,20,21,22). The van der Waals surface area contributed by atoms with Crippen molar-refractivity contribution in [3.8, 4) is 0 Å². The van der Waals surface area contributed by atoms with Gasteiger partial charge in [-0.2, -0.15) is 18.2 Å². The molecule has 5 N–H and O–H groups in total. The van der Waals surface area contributed by atoms with Crippen LogP contribution in [0.3, 0.4) is 0 Å². The zero-order valence-corrected chi connectivity index (χ0v) is 15.5. The van der Waals surface area contributed by atoms with Crippen molar-refractivity contribution in [2.24, 2.45) is 5.73 Å². The van der Waals surface area contributed by atoms with Crippen molar-refractivity contribution in [3.05, 3.63) is 0 Å². The summed E-state index contributed by atoms with van der Waals surface area (Å²) in [5, 5.41) is 2.89. The number of piperazine rings is 1. The molecule has 11 heteroatoms. The van der Waals surface area contributed by atoms with Crippen LogP contribution in [0, 0.1) is 0 Å². The van der Waals surface area contributed by atoms with E-state index in [-0.39, 0.29) is 12.3 Å². The number of hydroxylamine groups is 1. The molecule has 0 aromatic carbocycles. The number of nitrogens with one attached hydrogen (secondary N) is 2. The molecular formula is C13H29N5O5S. The fourth-order valence-electron chi connectivity index (χ4n) is 2.77. The predicted octanol–water partition coefficient (Wildman–Crippen LogP) is -1.48. The molecule has 0 aliphatic carbocycles. The van der Waals surface area contributed by atoms with E-state index < -0.39 is 21.6 Å². The second kappa shape index (κ2) is 8.04. The van der Waals surface area contributed by atoms with Crippen LogP contribution in [0.25, 0.3) is 0 Å². The molecule has 1 rings (SSSR count). The number of likely N-dealkylation sites (N-methyl/N-ethyl adjacent to an activating group) is 1. The largest absolute Gasteiger partial charge is 0.413 e. The lowest BCUT2D eigenvalue weighted by molar-refractivity contribution is -0.124. The quantitative estimate of drug-likeness (QED) is 0.230. The van der Waals surface area contributed by atoms with Gasteiger partial charge >= 0.3 is 10.4 Å². The van der Waals surface area contributed by atoms with Crippen LogP contribution in [-0.2, 0) is 19.5 Å². The third-order valence-electron chi connectivity index (χ3n) is 3.63. The third-order valence-corrected chi connectivity index (χ3v) is 3.92. The Bertz CT molecular complexity index is 529. The van der Waals surface area contributed by atoms with Crippen LogP contribution in [0.4, 0.5) is 0 Å². The van der Waals surface area contributed by atoms with E-state index in [4.69, 9.17) is 10.3 Å². The minimum Gasteiger partial charge on any atom is -0.350 e. The number of carbonyl (C=O) groups excluding carboxylic acids is 1. The average Bonchev–Trinajstić information content (AvgIpc) is 2.36. The Morgan fingerprint density at radius 2 is 1.79 bits per heavy atom. The Labute approximate surface area is 143 Å². The van der Waals surface area contributed by atoms with Crippen LogP contribution in [0.2, 0.25) is 0 Å². The molecule has 0 radical (unpaired) electrons. The van der Waals surface area contributed by atoms with Crippen molar-refractivity contribution in [2.45, 2.75) is 38.4 Å². The van der Waals surface area contributed by atoms with Gasteiger partial charge in [0.15, 0.2) is 0 Å². The normalized spacial score (nSPS) is 20.6. The van der Waals surface area contributed by atoms with E-state index in [0.717, 1.165) is 26.2 Å². The SMILES string of the molecule is CN1CCN(CC(=O)NC(C)(C)CC(C)(N)NOS(=O)(=O)O)CC1. The van der Waals surface area contributed by atoms with E-state index >= 15 is 0 Å². The lowest BCUT2D eigenvalue weighted by Gasteiger charge is -2.36. The number of nitrogens with two attached hydrogens (primary N) is 1. The summed E-state index contributed by atoms with van der Waals surface area (Å²) in [6.45, 7) is 8.86. The van der Waals surface area contributed by atoms with Gasteiger partial charge in [-0.15, -0.1) is 0 Å². The van der Waals surface area contributed by atoms with Crippen molar-refractivity contribution >= 4 is 16.3 Å². The first-order valence-corrected chi connectivity index (χ1v) is 9.08. The average molecular weight is 367 g/mol. The topological polar surface area (TPSA) is 137 Å². The lowest BCUT2D eigenvalue weighted by atomic mass is 9.92. The third kappa shape index (κ3) is 8.87. The first-order chi connectivity index (χ1) is 10.8. The molecule has 24 heavy (non-hydrogen) atoms. The second-order valence-corrected chi connectivity index (χ2v) is 8.24. The van der Waals surface area contributed by atoms with Gasteiger partial charge in [0.25, 0.3) is 0 Å². The highest BCUT2D eigenvalue weighted by Crippen LogP contribution is 2.16. The van der Waals surface area contributed by atoms with Gasteiger partial charge in [0, 0.05) is 38.1 Å². The number of hydrogen-bond donors (Lipinski definition) is 4. The van der Waals surface area contributed by atoms with E-state index in [0.29, 0.717) is 6.54 Å². The van der Waals surface area contributed by atoms with Gasteiger partial charge < -0.3 is 16.0 Å². The second-order valence-electron chi connectivity index (χ2n) is 7.22. The van der Waals surface area contributed by atoms with Crippen molar-refractivity contribution < 1.29 is 22.0 Å². The maximum absolute atomic E-state index is 12.2. The van der Waals surface area contributed by atoms with E-state index in [1.54, 1.807) is 13.8 Å². The van der Waals surface area contributed by atoms with Crippen LogP contribution < -0.4 is 16.5 Å². The van der Waals surface area contributed by atoms with Crippen molar-refractivity contribution in [1.82, 2.24) is 20.6 Å². The lowest BCUT2D eigenvalue weighted by Crippen LogP contribution is -2.59. The number of rotatable bonds is 8. The smallest absolute Gasteiger partial charge is 0.350 e. The molecule has 1 amide bonds. The highest BCUT2D eigenvalue weighted by Gasteiger charge is 2.32. The van der Waals surface area contributed by atoms with Crippen LogP contribution in [0.5, 0.6) is 0 Å². The van der Waals surface area contributed by atoms with E-state index in [2.05, 4.69) is 24.9 Å². The molecule has 10 nitrogen and oxygen atoms in total. The fraction of sp³-hybridized carbons (Fsp3) is 0.923. The molecule has 1 aliphatic heterocycles. The molecule has 1 atom stereocenters. The molecule has 0 bridgehead atoms. The van der Waals surface area contributed by atoms with E-state index in [1.807, 2.05) is 7.05 Å². The molecule has 0 saturated carbocycles. The molecule has 1 heterocycles. The van der Waals surface area contributed by atoms with Crippen LogP contribution >= 0.6 is 0 Å². The Morgan fingerprint density at radius 3 is 2.29 bits per heavy atom. The molecule has 1 unspecified atom stereocenters. The first-order valence-electron chi connectivity index (χ1n) is 7.72. The van der Waals surface area contributed by atoms with Crippen LogP contribution in [-0.4, -0.2) is 79.7 Å². The van der Waals surface area contributed by atoms with E-state index in [9.17, 15) is 13.2 Å². The van der Waals surface area contributed by atoms with Gasteiger partial charge in [-0.25, -0.2) is 0 Å². The summed E-state index contributed by atoms with van der Waals surface area (Å²) < 4.78 is 33.9. The highest BCUT2D eigenvalue weighted by atomic mass is 32.3. The maximum atomic E-state index is 12.2. The van der Waals surface area contributed by atoms with Crippen molar-refractivity contribution in [2.75, 3.05) is 39.8 Å². The molecular weight excluding hydrogens is 338 g/mol. The van der Waals surface area contributed by atoms with Gasteiger partial charge in [0.1, 0.15) is 0 Å². The predicted molar refractivity (Wildman–Crippen MR) is 89.1 cm³/mol. The van der Waals surface area contributed by atoms with Gasteiger partial charge in [0.05, 0.1) is 12.2 Å². The molecule has 0 aromatic rings. The number of nitrogens with zero attached hydrogens (tertiary/aromatic N) is 2. The molecule has 0 aromatic heterocycles. The molecule has 0 spiro atoms. The summed E-state index contributed by atoms with van der Waals surface area (Å²) in [4.78, 5) is 16.5. The number of amides is 1. The van der Waals surface area contributed by atoms with Crippen molar-refractivity contribution in [1.29, 1.82) is 0 Å². The highest BCUT2D eigenvalue weighted by molar-refractivity contribution is 7.80. The van der Waals surface area contributed by atoms with Crippen LogP contribution in [0.1, 0.15) is 27.2 Å². The maximum Gasteiger partial charge on any atom is 0.413 e. The Balaban J connectivity index is 2.47. The monoisotopic (exact) mass is 367 g/mol. The zero-order chi connectivity index (χ0) is 18.6. The number of carbonyl (C=O) groups is 1. The summed E-state index contributed by atoms with van der Waals surface area (Å²) in [5.74, 6) is -0.129. The summed E-state index contributed by atoms with van der Waals surface area (Å²) in [6, 6.07) is 0. The Hall–Kier alpha value is -0.820. The summed E-state index contributed by atoms with van der Waals surface area (Å²) in [6.07, 6.45) is 0.171. The molecule has 142 valence electrons. The van der Waals surface area contributed by atoms with Crippen molar-refractivity contribution in [3.63, 3.8) is 0 Å². The van der Waals surface area contributed by atoms with Gasteiger partial charge in [0.2, 0.25) is 5.91 Å². The van der Waals surface area contributed by atoms with E-state index in [1.165, 1.54) is 6.92 Å². The first kappa shape index (κ1) is 21.2. The minimum atomic E-state index is -4.65. The molecule has 1 saturated heterocycles. The zero-order valence-electron chi connectivity index (χ0n) is 14.7. The number of hydrogen-bond acceptors (Lipinski definition) is 8. The Morgan fingerprint density at radius 1 is 1.25 bits per heavy atom. The molecule has 1 aliphatic rings. The molecule has 1 fully saturated rings. The Kier molecular flexibility index (Phi) is 7.11. The van der Waals surface area contributed by atoms with Gasteiger partial charge in [-0.05, 0) is 27.8 Å². The van der Waals surface area contributed by atoms with Gasteiger partial charge in [-0.1, -0.05) is 0 Å². The van der Waals surface area contributed by atoms with Gasteiger partial charge in [-0.3, -0.25) is 14.2 Å².